The van der Waals surface area contributed by atoms with Gasteiger partial charge in [0, 0.05) is 0 Å². The monoisotopic (exact) mass is 153 g/mol. The Morgan fingerprint density at radius 3 is 1.33 bits per heavy atom. The summed E-state index contributed by atoms with van der Waals surface area (Å²) in [6, 6.07) is 0. The molecule has 0 saturated heterocycles. The lowest BCUT2D eigenvalue weighted by Gasteiger charge is -1.79. The van der Waals surface area contributed by atoms with Crippen molar-refractivity contribution in [3.63, 3.8) is 0 Å². The van der Waals surface area contributed by atoms with Gasteiger partial charge in [0.05, 0.1) is 0 Å². The van der Waals surface area contributed by atoms with Gasteiger partial charge in [0.15, 0.2) is 0 Å². The van der Waals surface area contributed by atoms with E-state index in [-0.39, 0.29) is 6.15 Å². The molecular weight excluding hydrogens is 138 g/mol. The highest BCUT2D eigenvalue weighted by molar-refractivity contribution is 7.51. The Bertz CT molecular complexity index is 60.0. The average Bonchev–Trinajstić information content (AvgIpc) is 1.71. The van der Waals surface area contributed by atoms with Crippen molar-refractivity contribution in [2.45, 2.75) is 33.1 Å². The molecule has 0 fully saturated rings. The van der Waals surface area contributed by atoms with Crippen LogP contribution in [0.4, 0.5) is 0 Å². The van der Waals surface area contributed by atoms with Crippen LogP contribution in [0.5, 0.6) is 0 Å². The molecule has 0 aliphatic heterocycles. The largest absolute Gasteiger partial charge is 0.344 e. The molecule has 0 radical (unpaired) electrons. The summed E-state index contributed by atoms with van der Waals surface area (Å²) in [5.41, 5.74) is 0. The SMILES string of the molecule is CCCCC.N.O=S=O. The second kappa shape index (κ2) is 25.0. The van der Waals surface area contributed by atoms with Crippen molar-refractivity contribution in [3.05, 3.63) is 0 Å². The van der Waals surface area contributed by atoms with E-state index in [2.05, 4.69) is 13.8 Å². The van der Waals surface area contributed by atoms with Gasteiger partial charge in [-0.15, -0.1) is 0 Å². The first-order valence-corrected chi connectivity index (χ1v) is 3.41. The molecular formula is C5H15NO2S. The summed E-state index contributed by atoms with van der Waals surface area (Å²) in [4.78, 5) is 0. The smallest absolute Gasteiger partial charge is 0.335 e. The van der Waals surface area contributed by atoms with E-state index in [0.717, 1.165) is 0 Å². The van der Waals surface area contributed by atoms with E-state index in [1.807, 2.05) is 0 Å². The second-order valence-corrected chi connectivity index (χ2v) is 1.56. The number of unbranched alkanes of at least 4 members (excludes halogenated alkanes) is 2. The van der Waals surface area contributed by atoms with Crippen molar-refractivity contribution in [2.75, 3.05) is 0 Å². The molecule has 0 heterocycles. The van der Waals surface area contributed by atoms with Gasteiger partial charge in [0.25, 0.3) is 0 Å². The van der Waals surface area contributed by atoms with Crippen molar-refractivity contribution < 1.29 is 8.42 Å². The van der Waals surface area contributed by atoms with E-state index in [9.17, 15) is 0 Å². The third-order valence-electron chi connectivity index (χ3n) is 0.707. The van der Waals surface area contributed by atoms with Crippen LogP contribution in [0.2, 0.25) is 0 Å². The van der Waals surface area contributed by atoms with Gasteiger partial charge in [-0.2, -0.15) is 8.42 Å². The predicted octanol–water partition coefficient (Wildman–Crippen LogP) is 1.69. The lowest BCUT2D eigenvalue weighted by molar-refractivity contribution is 0.630. The Labute approximate surface area is 60.0 Å². The van der Waals surface area contributed by atoms with Crippen LogP contribution in [0, 0.1) is 0 Å². The first-order valence-electron chi connectivity index (χ1n) is 2.75. The molecule has 3 nitrogen and oxygen atoms in total. The summed E-state index contributed by atoms with van der Waals surface area (Å²) in [5, 5.41) is 0. The topological polar surface area (TPSA) is 69.1 Å². The Balaban J connectivity index is -0.0000000800. The zero-order valence-corrected chi connectivity index (χ0v) is 6.87. The van der Waals surface area contributed by atoms with Gasteiger partial charge in [-0.05, 0) is 0 Å². The summed E-state index contributed by atoms with van der Waals surface area (Å²) in [6.07, 6.45) is 4.08. The van der Waals surface area contributed by atoms with Gasteiger partial charge in [-0.25, -0.2) is 0 Å². The molecule has 4 heteroatoms. The van der Waals surface area contributed by atoms with Gasteiger partial charge in [-0.3, -0.25) is 0 Å². The molecule has 0 aromatic rings. The fourth-order valence-corrected chi connectivity index (χ4v) is 0.354. The van der Waals surface area contributed by atoms with E-state index >= 15 is 0 Å². The molecule has 0 atom stereocenters. The minimum absolute atomic E-state index is 0. The van der Waals surface area contributed by atoms with Crippen LogP contribution in [-0.4, -0.2) is 8.42 Å². The molecule has 3 N–H and O–H groups in total. The van der Waals surface area contributed by atoms with Crippen LogP contribution in [0.3, 0.4) is 0 Å². The molecule has 0 bridgehead atoms. The highest BCUT2D eigenvalue weighted by atomic mass is 32.1. The normalized spacial score (nSPS) is 6.00. The molecule has 58 valence electrons. The molecule has 0 aromatic carbocycles. The zero-order chi connectivity index (χ0) is 6.83. The fraction of sp³-hybridized carbons (Fsp3) is 1.00. The van der Waals surface area contributed by atoms with Gasteiger partial charge in [-0.1, -0.05) is 33.1 Å². The molecule has 0 amide bonds. The number of hydrogen-bond donors (Lipinski definition) is 1. The van der Waals surface area contributed by atoms with E-state index < -0.39 is 11.6 Å². The third-order valence-corrected chi connectivity index (χ3v) is 0.707. The predicted molar refractivity (Wildman–Crippen MR) is 39.1 cm³/mol. The Morgan fingerprint density at radius 2 is 1.33 bits per heavy atom. The molecule has 9 heavy (non-hydrogen) atoms. The van der Waals surface area contributed by atoms with Crippen LogP contribution in [-0.2, 0) is 11.6 Å². The van der Waals surface area contributed by atoms with Crippen LogP contribution in [0.1, 0.15) is 33.1 Å². The summed E-state index contributed by atoms with van der Waals surface area (Å²) >= 11 is -0.750. The van der Waals surface area contributed by atoms with E-state index in [1.54, 1.807) is 0 Å². The number of rotatable bonds is 2. The van der Waals surface area contributed by atoms with Crippen molar-refractivity contribution in [1.82, 2.24) is 6.15 Å². The molecule has 0 spiro atoms. The van der Waals surface area contributed by atoms with Crippen molar-refractivity contribution >= 4 is 11.6 Å². The molecule has 0 aliphatic rings. The Kier molecular flexibility index (Phi) is 44.2. The van der Waals surface area contributed by atoms with Crippen LogP contribution in [0.15, 0.2) is 0 Å². The van der Waals surface area contributed by atoms with E-state index in [0.29, 0.717) is 0 Å². The van der Waals surface area contributed by atoms with Crippen LogP contribution >= 0.6 is 0 Å². The van der Waals surface area contributed by atoms with Gasteiger partial charge in [0.1, 0.15) is 0 Å². The third kappa shape index (κ3) is 82.0. The van der Waals surface area contributed by atoms with Gasteiger partial charge < -0.3 is 6.15 Å². The molecule has 0 aliphatic carbocycles. The highest BCUT2D eigenvalue weighted by Gasteiger charge is 1.68. The van der Waals surface area contributed by atoms with Crippen molar-refractivity contribution in [3.8, 4) is 0 Å². The summed E-state index contributed by atoms with van der Waals surface area (Å²) in [6.45, 7) is 4.42. The Hall–Kier alpha value is -0.220. The first-order chi connectivity index (χ1) is 3.83. The lowest BCUT2D eigenvalue weighted by Crippen LogP contribution is -1.59. The van der Waals surface area contributed by atoms with Crippen LogP contribution < -0.4 is 6.15 Å². The quantitative estimate of drug-likeness (QED) is 0.656. The van der Waals surface area contributed by atoms with Crippen molar-refractivity contribution in [1.29, 1.82) is 0 Å². The second-order valence-electron chi connectivity index (χ2n) is 1.42. The molecule has 0 saturated carbocycles. The molecule has 0 aromatic heterocycles. The summed E-state index contributed by atoms with van der Waals surface area (Å²) in [7, 11) is 0. The standard InChI is InChI=1S/C5H12.H3N.O2S/c1-3-5-4-2;;1-3-2/h3-5H2,1-2H3;1H3;. The maximum Gasteiger partial charge on any atom is 0.335 e. The van der Waals surface area contributed by atoms with Gasteiger partial charge in [0.2, 0.25) is 0 Å². The van der Waals surface area contributed by atoms with Crippen molar-refractivity contribution in [2.24, 2.45) is 0 Å². The zero-order valence-electron chi connectivity index (χ0n) is 6.05. The van der Waals surface area contributed by atoms with E-state index in [4.69, 9.17) is 8.42 Å². The summed E-state index contributed by atoms with van der Waals surface area (Å²) < 4.78 is 16.6. The Morgan fingerprint density at radius 1 is 1.11 bits per heavy atom. The van der Waals surface area contributed by atoms with Gasteiger partial charge >= 0.3 is 11.6 Å². The highest BCUT2D eigenvalue weighted by Crippen LogP contribution is 1.88. The molecule has 0 rings (SSSR count). The lowest BCUT2D eigenvalue weighted by atomic mass is 10.3. The fourth-order valence-electron chi connectivity index (χ4n) is 0.354. The number of hydrogen-bond acceptors (Lipinski definition) is 3. The minimum atomic E-state index is -0.750. The maximum absolute atomic E-state index is 8.29. The minimum Gasteiger partial charge on any atom is -0.344 e. The molecule has 0 unspecified atom stereocenters. The average molecular weight is 153 g/mol. The first kappa shape index (κ1) is 15.9. The van der Waals surface area contributed by atoms with Crippen LogP contribution in [0.25, 0.3) is 0 Å². The summed E-state index contributed by atoms with van der Waals surface area (Å²) in [5.74, 6) is 0. The maximum atomic E-state index is 8.29. The van der Waals surface area contributed by atoms with E-state index in [1.165, 1.54) is 19.3 Å².